The second-order valence-electron chi connectivity index (χ2n) is 5.04. The lowest BCUT2D eigenvalue weighted by Crippen LogP contribution is -2.48. The van der Waals surface area contributed by atoms with Crippen LogP contribution in [0.5, 0.6) is 0 Å². The molecule has 6 heteroatoms. The van der Waals surface area contributed by atoms with Crippen molar-refractivity contribution in [2.75, 3.05) is 32.8 Å². The summed E-state index contributed by atoms with van der Waals surface area (Å²) in [7, 11) is 0. The van der Waals surface area contributed by atoms with Crippen molar-refractivity contribution in [1.29, 1.82) is 0 Å². The maximum Gasteiger partial charge on any atom is 0.326 e. The molecule has 1 aliphatic heterocycles. The van der Waals surface area contributed by atoms with E-state index in [9.17, 15) is 14.7 Å². The minimum absolute atomic E-state index is 0.210. The van der Waals surface area contributed by atoms with Crippen LogP contribution in [0.15, 0.2) is 30.3 Å². The smallest absolute Gasteiger partial charge is 0.326 e. The largest absolute Gasteiger partial charge is 0.480 e. The molecule has 0 radical (unpaired) electrons. The summed E-state index contributed by atoms with van der Waals surface area (Å²) < 4.78 is 5.21. The van der Waals surface area contributed by atoms with E-state index in [1.807, 2.05) is 35.2 Å². The third-order valence-electron chi connectivity index (χ3n) is 3.39. The van der Waals surface area contributed by atoms with Crippen molar-refractivity contribution in [3.8, 4) is 0 Å². The molecule has 1 amide bonds. The molecule has 1 heterocycles. The summed E-state index contributed by atoms with van der Waals surface area (Å²) in [5, 5.41) is 11.8. The Labute approximate surface area is 123 Å². The molecule has 0 aliphatic carbocycles. The van der Waals surface area contributed by atoms with Crippen LogP contribution in [0.2, 0.25) is 0 Å². The van der Waals surface area contributed by atoms with Crippen molar-refractivity contribution in [2.24, 2.45) is 0 Å². The lowest BCUT2D eigenvalue weighted by Gasteiger charge is -2.26. The molecule has 1 aromatic carbocycles. The van der Waals surface area contributed by atoms with Gasteiger partial charge in [0.25, 0.3) is 0 Å². The van der Waals surface area contributed by atoms with Gasteiger partial charge in [0.2, 0.25) is 5.91 Å². The third kappa shape index (κ3) is 5.17. The lowest BCUT2D eigenvalue weighted by molar-refractivity contribution is -0.142. The Morgan fingerprint density at radius 2 is 1.90 bits per heavy atom. The van der Waals surface area contributed by atoms with Crippen LogP contribution in [-0.2, 0) is 20.7 Å². The van der Waals surface area contributed by atoms with E-state index in [1.54, 1.807) is 0 Å². The highest BCUT2D eigenvalue weighted by Gasteiger charge is 2.22. The van der Waals surface area contributed by atoms with Crippen LogP contribution in [0.3, 0.4) is 0 Å². The highest BCUT2D eigenvalue weighted by molar-refractivity contribution is 5.84. The summed E-state index contributed by atoms with van der Waals surface area (Å²) in [6.45, 7) is 2.83. The van der Waals surface area contributed by atoms with E-state index in [2.05, 4.69) is 5.32 Å². The minimum Gasteiger partial charge on any atom is -0.480 e. The second kappa shape index (κ2) is 7.75. The Kier molecular flexibility index (Phi) is 5.71. The van der Waals surface area contributed by atoms with Gasteiger partial charge in [-0.2, -0.15) is 0 Å². The predicted octanol–water partition coefficient (Wildman–Crippen LogP) is 0.131. The maximum absolute atomic E-state index is 12.0. The number of carboxylic acid groups (broad SMARTS) is 1. The summed E-state index contributed by atoms with van der Waals surface area (Å²) in [6.07, 6.45) is 0.283. The average molecular weight is 292 g/mol. The Balaban J connectivity index is 1.86. The van der Waals surface area contributed by atoms with Gasteiger partial charge in [0.05, 0.1) is 19.8 Å². The molecule has 0 spiro atoms. The number of hydrogen-bond acceptors (Lipinski definition) is 4. The quantitative estimate of drug-likeness (QED) is 0.779. The molecule has 0 saturated carbocycles. The van der Waals surface area contributed by atoms with Crippen LogP contribution < -0.4 is 5.32 Å². The van der Waals surface area contributed by atoms with Gasteiger partial charge < -0.3 is 15.2 Å². The first-order valence-corrected chi connectivity index (χ1v) is 7.01. The SMILES string of the molecule is O=C(CN1CCOCC1)N[C@@H](Cc1ccccc1)C(=O)O. The molecule has 0 unspecified atom stereocenters. The Morgan fingerprint density at radius 1 is 1.24 bits per heavy atom. The number of nitrogens with one attached hydrogen (secondary N) is 1. The van der Waals surface area contributed by atoms with Crippen molar-refractivity contribution >= 4 is 11.9 Å². The van der Waals surface area contributed by atoms with Gasteiger partial charge in [0.1, 0.15) is 6.04 Å². The number of nitrogens with zero attached hydrogens (tertiary/aromatic N) is 1. The van der Waals surface area contributed by atoms with Gasteiger partial charge in [-0.15, -0.1) is 0 Å². The van der Waals surface area contributed by atoms with Crippen molar-refractivity contribution in [3.05, 3.63) is 35.9 Å². The summed E-state index contributed by atoms with van der Waals surface area (Å²) in [4.78, 5) is 25.2. The second-order valence-corrected chi connectivity index (χ2v) is 5.04. The topological polar surface area (TPSA) is 78.9 Å². The highest BCUT2D eigenvalue weighted by Crippen LogP contribution is 2.04. The Hall–Kier alpha value is -1.92. The van der Waals surface area contributed by atoms with Crippen molar-refractivity contribution < 1.29 is 19.4 Å². The zero-order chi connectivity index (χ0) is 15.1. The molecule has 1 aromatic rings. The van der Waals surface area contributed by atoms with Crippen molar-refractivity contribution in [1.82, 2.24) is 10.2 Å². The van der Waals surface area contributed by atoms with Crippen LogP contribution in [0, 0.1) is 0 Å². The zero-order valence-electron chi connectivity index (χ0n) is 11.8. The predicted molar refractivity (Wildman–Crippen MR) is 77.0 cm³/mol. The van der Waals surface area contributed by atoms with E-state index < -0.39 is 12.0 Å². The highest BCUT2D eigenvalue weighted by atomic mass is 16.5. The Bertz CT molecular complexity index is 472. The van der Waals surface area contributed by atoms with E-state index in [0.29, 0.717) is 26.3 Å². The standard InChI is InChI=1S/C15H20N2O4/c18-14(11-17-6-8-21-9-7-17)16-13(15(19)20)10-12-4-2-1-3-5-12/h1-5,13H,6-11H2,(H,16,18)(H,19,20)/t13-/m0/s1. The molecular formula is C15H20N2O4. The number of hydrogen-bond donors (Lipinski definition) is 2. The van der Waals surface area contributed by atoms with E-state index >= 15 is 0 Å². The first kappa shape index (κ1) is 15.5. The van der Waals surface area contributed by atoms with Crippen LogP contribution >= 0.6 is 0 Å². The molecule has 2 rings (SSSR count). The van der Waals surface area contributed by atoms with Gasteiger partial charge in [0, 0.05) is 19.5 Å². The van der Waals surface area contributed by atoms with Crippen molar-refractivity contribution in [3.63, 3.8) is 0 Å². The molecule has 1 saturated heterocycles. The number of benzene rings is 1. The molecule has 1 fully saturated rings. The van der Waals surface area contributed by atoms with Crippen LogP contribution in [0.4, 0.5) is 0 Å². The normalized spacial score (nSPS) is 17.1. The van der Waals surface area contributed by atoms with Gasteiger partial charge >= 0.3 is 5.97 Å². The number of amides is 1. The van der Waals surface area contributed by atoms with Gasteiger partial charge in [0.15, 0.2) is 0 Å². The molecular weight excluding hydrogens is 272 g/mol. The summed E-state index contributed by atoms with van der Waals surface area (Å²) in [6, 6.07) is 8.37. The van der Waals surface area contributed by atoms with Gasteiger partial charge in [-0.1, -0.05) is 30.3 Å². The zero-order valence-corrected chi connectivity index (χ0v) is 11.8. The molecule has 0 bridgehead atoms. The van der Waals surface area contributed by atoms with Gasteiger partial charge in [-0.3, -0.25) is 9.69 Å². The molecule has 6 nitrogen and oxygen atoms in total. The molecule has 1 aliphatic rings. The number of morpholine rings is 1. The molecule has 2 N–H and O–H groups in total. The molecule has 1 atom stereocenters. The number of carboxylic acids is 1. The summed E-state index contributed by atoms with van der Waals surface area (Å²) >= 11 is 0. The van der Waals surface area contributed by atoms with E-state index in [1.165, 1.54) is 0 Å². The molecule has 114 valence electrons. The van der Waals surface area contributed by atoms with Gasteiger partial charge in [-0.05, 0) is 5.56 Å². The average Bonchev–Trinajstić information content (AvgIpc) is 2.48. The maximum atomic E-state index is 12.0. The van der Waals surface area contributed by atoms with Crippen molar-refractivity contribution in [2.45, 2.75) is 12.5 Å². The third-order valence-corrected chi connectivity index (χ3v) is 3.39. The number of rotatable bonds is 6. The number of carbonyl (C=O) groups excluding carboxylic acids is 1. The number of aliphatic carboxylic acids is 1. The fraction of sp³-hybridized carbons (Fsp3) is 0.467. The Morgan fingerprint density at radius 3 is 2.52 bits per heavy atom. The summed E-state index contributed by atoms with van der Waals surface area (Å²) in [5.41, 5.74) is 0.886. The fourth-order valence-electron chi connectivity index (χ4n) is 2.25. The number of carbonyl (C=O) groups is 2. The van der Waals surface area contributed by atoms with E-state index in [4.69, 9.17) is 4.74 Å². The molecule has 0 aromatic heterocycles. The van der Waals surface area contributed by atoms with Gasteiger partial charge in [-0.25, -0.2) is 4.79 Å². The monoisotopic (exact) mass is 292 g/mol. The first-order chi connectivity index (χ1) is 10.1. The van der Waals surface area contributed by atoms with E-state index in [-0.39, 0.29) is 18.9 Å². The first-order valence-electron chi connectivity index (χ1n) is 7.01. The van der Waals surface area contributed by atoms with Crippen LogP contribution in [0.25, 0.3) is 0 Å². The molecule has 21 heavy (non-hydrogen) atoms. The number of ether oxygens (including phenoxy) is 1. The minimum atomic E-state index is -1.02. The fourth-order valence-corrected chi connectivity index (χ4v) is 2.25. The van der Waals surface area contributed by atoms with E-state index in [0.717, 1.165) is 5.56 Å². The van der Waals surface area contributed by atoms with Crippen LogP contribution in [-0.4, -0.2) is 60.8 Å². The lowest BCUT2D eigenvalue weighted by atomic mass is 10.1. The summed E-state index contributed by atoms with van der Waals surface area (Å²) in [5.74, 6) is -1.28. The van der Waals surface area contributed by atoms with Crippen LogP contribution in [0.1, 0.15) is 5.56 Å².